The van der Waals surface area contributed by atoms with E-state index in [1.165, 1.54) is 4.90 Å². The lowest BCUT2D eigenvalue weighted by Gasteiger charge is -2.27. The minimum atomic E-state index is -0.745. The van der Waals surface area contributed by atoms with Gasteiger partial charge in [-0.1, -0.05) is 62.2 Å². The van der Waals surface area contributed by atoms with Gasteiger partial charge in [-0.25, -0.2) is 0 Å². The number of aliphatic hydroxyl groups excluding tert-OH is 1. The van der Waals surface area contributed by atoms with Crippen LogP contribution in [-0.2, 0) is 16.2 Å². The van der Waals surface area contributed by atoms with Gasteiger partial charge in [0.05, 0.1) is 18.2 Å². The molecule has 1 amide bonds. The van der Waals surface area contributed by atoms with Crippen molar-refractivity contribution in [3.05, 3.63) is 101 Å². The number of rotatable bonds is 13. The van der Waals surface area contributed by atoms with Crippen molar-refractivity contribution in [1.82, 2.24) is 9.80 Å². The molecule has 1 saturated heterocycles. The predicted octanol–water partition coefficient (Wildman–Crippen LogP) is 5.82. The van der Waals surface area contributed by atoms with Crippen LogP contribution in [0, 0.1) is 0 Å². The number of likely N-dealkylation sites (N-methyl/N-ethyl adjacent to an activating group) is 1. The highest BCUT2D eigenvalue weighted by Gasteiger charge is 2.46. The van der Waals surface area contributed by atoms with Gasteiger partial charge in [0, 0.05) is 18.7 Å². The predicted molar refractivity (Wildman–Crippen MR) is 156 cm³/mol. The molecule has 0 bridgehead atoms. The minimum absolute atomic E-state index is 0.0700. The standard InChI is InChI=1S/C33H38N2O5/c1-4-5-9-21-39-27-17-15-25(16-18-27)31(36)29-30(35(20-19-34(2)3)33(38)32(29)37)26-13-10-14-28(22-26)40-23-24-11-7-6-8-12-24/h6-8,10-18,22,30,36H,4-5,9,19-21,23H2,1-3H3/b31-29-. The third-order valence-corrected chi connectivity index (χ3v) is 6.89. The van der Waals surface area contributed by atoms with Gasteiger partial charge in [-0.3, -0.25) is 9.59 Å². The average molecular weight is 543 g/mol. The summed E-state index contributed by atoms with van der Waals surface area (Å²) < 4.78 is 11.8. The molecule has 7 nitrogen and oxygen atoms in total. The van der Waals surface area contributed by atoms with Crippen LogP contribution >= 0.6 is 0 Å². The number of Topliss-reactive ketones (excluding diaryl/α,β-unsaturated/α-hetero) is 1. The second kappa shape index (κ2) is 13.8. The van der Waals surface area contributed by atoms with Crippen LogP contribution in [0.3, 0.4) is 0 Å². The molecule has 3 aromatic rings. The van der Waals surface area contributed by atoms with Crippen molar-refractivity contribution in [3.8, 4) is 11.5 Å². The summed E-state index contributed by atoms with van der Waals surface area (Å²) in [5.41, 5.74) is 2.25. The van der Waals surface area contributed by atoms with E-state index in [0.29, 0.717) is 48.9 Å². The molecule has 0 spiro atoms. The van der Waals surface area contributed by atoms with E-state index in [1.54, 1.807) is 24.3 Å². The van der Waals surface area contributed by atoms with Gasteiger partial charge in [0.15, 0.2) is 0 Å². The maximum atomic E-state index is 13.3. The van der Waals surface area contributed by atoms with Crippen molar-refractivity contribution < 1.29 is 24.2 Å². The van der Waals surface area contributed by atoms with E-state index < -0.39 is 17.7 Å². The van der Waals surface area contributed by atoms with Crippen molar-refractivity contribution >= 4 is 17.4 Å². The number of benzene rings is 3. The molecule has 210 valence electrons. The van der Waals surface area contributed by atoms with Crippen LogP contribution < -0.4 is 9.47 Å². The van der Waals surface area contributed by atoms with Crippen LogP contribution in [0.4, 0.5) is 0 Å². The number of carbonyl (C=O) groups excluding carboxylic acids is 2. The zero-order valence-electron chi connectivity index (χ0n) is 23.5. The fourth-order valence-electron chi connectivity index (χ4n) is 4.69. The molecule has 7 heteroatoms. The van der Waals surface area contributed by atoms with Gasteiger partial charge in [-0.15, -0.1) is 0 Å². The SMILES string of the molecule is CCCCCOc1ccc(/C(O)=C2/C(=O)C(=O)N(CCN(C)C)C2c2cccc(OCc3ccccc3)c2)cc1. The Morgan fingerprint density at radius 3 is 2.35 bits per heavy atom. The number of nitrogens with zero attached hydrogens (tertiary/aromatic N) is 2. The summed E-state index contributed by atoms with van der Waals surface area (Å²) in [5.74, 6) is -0.219. The van der Waals surface area contributed by atoms with E-state index >= 15 is 0 Å². The van der Waals surface area contributed by atoms with Crippen molar-refractivity contribution in [2.45, 2.75) is 38.8 Å². The highest BCUT2D eigenvalue weighted by atomic mass is 16.5. The molecule has 1 N–H and O–H groups in total. The Balaban J connectivity index is 1.65. The van der Waals surface area contributed by atoms with Gasteiger partial charge in [0.25, 0.3) is 11.7 Å². The summed E-state index contributed by atoms with van der Waals surface area (Å²) in [6, 6.07) is 23.5. The van der Waals surface area contributed by atoms with E-state index in [9.17, 15) is 14.7 Å². The summed E-state index contributed by atoms with van der Waals surface area (Å²) in [6.07, 6.45) is 3.19. The molecule has 4 rings (SSSR count). The number of likely N-dealkylation sites (tertiary alicyclic amines) is 1. The average Bonchev–Trinajstić information content (AvgIpc) is 3.23. The Kier molecular flexibility index (Phi) is 9.97. The van der Waals surface area contributed by atoms with Crippen LogP contribution in [-0.4, -0.2) is 60.4 Å². The number of hydrogen-bond acceptors (Lipinski definition) is 6. The molecule has 0 aliphatic carbocycles. The first kappa shape index (κ1) is 28.9. The van der Waals surface area contributed by atoms with E-state index in [1.807, 2.05) is 73.6 Å². The normalized spacial score (nSPS) is 16.5. The van der Waals surface area contributed by atoms with Crippen LogP contribution in [0.2, 0.25) is 0 Å². The Morgan fingerprint density at radius 2 is 1.65 bits per heavy atom. The number of hydrogen-bond donors (Lipinski definition) is 1. The fraction of sp³-hybridized carbons (Fsp3) is 0.333. The Hall–Kier alpha value is -4.10. The van der Waals surface area contributed by atoms with Crippen molar-refractivity contribution in [3.63, 3.8) is 0 Å². The fourth-order valence-corrected chi connectivity index (χ4v) is 4.69. The van der Waals surface area contributed by atoms with Gasteiger partial charge in [0.1, 0.15) is 23.9 Å². The number of ether oxygens (including phenoxy) is 2. The lowest BCUT2D eigenvalue weighted by atomic mass is 9.95. The molecule has 0 radical (unpaired) electrons. The van der Waals surface area contributed by atoms with Gasteiger partial charge < -0.3 is 24.4 Å². The first-order valence-electron chi connectivity index (χ1n) is 13.8. The Morgan fingerprint density at radius 1 is 0.900 bits per heavy atom. The number of ketones is 1. The number of aliphatic hydroxyl groups is 1. The minimum Gasteiger partial charge on any atom is -0.507 e. The summed E-state index contributed by atoms with van der Waals surface area (Å²) >= 11 is 0. The molecule has 40 heavy (non-hydrogen) atoms. The molecule has 1 unspecified atom stereocenters. The highest BCUT2D eigenvalue weighted by molar-refractivity contribution is 6.46. The van der Waals surface area contributed by atoms with Crippen LogP contribution in [0.1, 0.15) is 48.9 Å². The zero-order valence-corrected chi connectivity index (χ0v) is 23.5. The molecular weight excluding hydrogens is 504 g/mol. The van der Waals surface area contributed by atoms with Crippen molar-refractivity contribution in [2.24, 2.45) is 0 Å². The Labute approximate surface area is 236 Å². The van der Waals surface area contributed by atoms with Gasteiger partial charge in [-0.2, -0.15) is 0 Å². The smallest absolute Gasteiger partial charge is 0.295 e. The summed E-state index contributed by atoms with van der Waals surface area (Å²) in [7, 11) is 3.82. The molecule has 0 saturated carbocycles. The summed E-state index contributed by atoms with van der Waals surface area (Å²) in [5, 5.41) is 11.4. The van der Waals surface area contributed by atoms with Gasteiger partial charge in [0.2, 0.25) is 0 Å². The molecule has 1 fully saturated rings. The zero-order chi connectivity index (χ0) is 28.5. The quantitative estimate of drug-likeness (QED) is 0.127. The van der Waals surface area contributed by atoms with Gasteiger partial charge >= 0.3 is 0 Å². The van der Waals surface area contributed by atoms with Crippen LogP contribution in [0.25, 0.3) is 5.76 Å². The number of unbranched alkanes of at least 4 members (excludes halogenated alkanes) is 2. The lowest BCUT2D eigenvalue weighted by molar-refractivity contribution is -0.140. The topological polar surface area (TPSA) is 79.3 Å². The van der Waals surface area contributed by atoms with Crippen LogP contribution in [0.5, 0.6) is 11.5 Å². The largest absolute Gasteiger partial charge is 0.507 e. The molecule has 1 aliphatic heterocycles. The number of carbonyl (C=O) groups is 2. The molecule has 3 aromatic carbocycles. The van der Waals surface area contributed by atoms with E-state index in [2.05, 4.69) is 6.92 Å². The highest BCUT2D eigenvalue weighted by Crippen LogP contribution is 2.40. The third kappa shape index (κ3) is 7.10. The van der Waals surface area contributed by atoms with Gasteiger partial charge in [-0.05, 0) is 68.0 Å². The molecule has 0 aromatic heterocycles. The first-order valence-corrected chi connectivity index (χ1v) is 13.8. The van der Waals surface area contributed by atoms with Crippen LogP contribution in [0.15, 0.2) is 84.4 Å². The second-order valence-electron chi connectivity index (χ2n) is 10.2. The summed E-state index contributed by atoms with van der Waals surface area (Å²) in [4.78, 5) is 30.1. The molecule has 1 heterocycles. The summed E-state index contributed by atoms with van der Waals surface area (Å²) in [6.45, 7) is 4.05. The second-order valence-corrected chi connectivity index (χ2v) is 10.2. The van der Waals surface area contributed by atoms with Crippen molar-refractivity contribution in [1.29, 1.82) is 0 Å². The van der Waals surface area contributed by atoms with E-state index in [0.717, 1.165) is 24.8 Å². The maximum Gasteiger partial charge on any atom is 0.295 e. The Bertz CT molecular complexity index is 1320. The van der Waals surface area contributed by atoms with E-state index in [4.69, 9.17) is 9.47 Å². The molecule has 1 aliphatic rings. The first-order chi connectivity index (χ1) is 19.4. The monoisotopic (exact) mass is 542 g/mol. The molecule has 1 atom stereocenters. The van der Waals surface area contributed by atoms with Crippen molar-refractivity contribution in [2.75, 3.05) is 33.8 Å². The van der Waals surface area contributed by atoms with E-state index in [-0.39, 0.29) is 11.3 Å². The number of amides is 1. The third-order valence-electron chi connectivity index (χ3n) is 6.89. The maximum absolute atomic E-state index is 13.3. The lowest BCUT2D eigenvalue weighted by Crippen LogP contribution is -2.35. The molecular formula is C33H38N2O5.